The second-order valence-corrected chi connectivity index (χ2v) is 52.1. The minimum atomic E-state index is -2.20. The Labute approximate surface area is 279 Å². The molecule has 4 unspecified atom stereocenters. The van der Waals surface area contributed by atoms with Crippen molar-refractivity contribution >= 4 is 128 Å². The molecular weight excluding hydrogens is 826 g/mol. The number of allylic oxidation sites excluding steroid dienone is 2. The summed E-state index contributed by atoms with van der Waals surface area (Å²) in [5.41, 5.74) is 8.04. The van der Waals surface area contributed by atoms with Crippen LogP contribution < -0.4 is 2.89 Å². The summed E-state index contributed by atoms with van der Waals surface area (Å²) in [6.07, 6.45) is 2.73. The molecule has 4 aromatic rings. The molecule has 0 saturated carbocycles. The van der Waals surface area contributed by atoms with Gasteiger partial charge in [-0.05, 0) is 0 Å². The monoisotopic (exact) mass is 868 g/mol. The van der Waals surface area contributed by atoms with E-state index in [2.05, 4.69) is 140 Å². The van der Waals surface area contributed by atoms with E-state index in [1.54, 1.807) is 57.4 Å². The predicted molar refractivity (Wildman–Crippen MR) is 202 cm³/mol. The topological polar surface area (TPSA) is 0 Å². The van der Waals surface area contributed by atoms with Gasteiger partial charge in [0, 0.05) is 0 Å². The fraction of sp³-hybridized carbons (Fsp3) is 0.455. The standard InChI is InChI=1S/C27H22S6.6CH3.2Sn/c1-11-10-18(30-14(11)4)19-20-24-16(6-8-28-24)33-27(20)21(23-13(3)12(2)15(5)31-23)22-25-17(7-9-29-25)32-26(19)22;;;;;;;;/h6-7,10,13,17,23,25H,1-5H3;6*1H3;;. The Bertz CT molecular complexity index is 1800. The maximum absolute atomic E-state index is 2.73. The van der Waals surface area contributed by atoms with Crippen molar-refractivity contribution in [1.29, 1.82) is 0 Å². The number of fused-ring (bicyclic) bond motifs is 6. The first-order valence-corrected chi connectivity index (χ1v) is 39.7. The molecule has 1 aromatic carbocycles. The van der Waals surface area contributed by atoms with Crippen molar-refractivity contribution in [3.8, 4) is 10.4 Å². The van der Waals surface area contributed by atoms with Crippen LogP contribution in [0.1, 0.15) is 52.8 Å². The van der Waals surface area contributed by atoms with E-state index in [0.717, 1.165) is 0 Å². The van der Waals surface area contributed by atoms with Crippen LogP contribution >= 0.6 is 69.3 Å². The molecule has 0 saturated heterocycles. The molecule has 0 radical (unpaired) electrons. The van der Waals surface area contributed by atoms with E-state index in [1.165, 1.54) is 15.3 Å². The first-order chi connectivity index (χ1) is 19.1. The molecule has 6 heterocycles. The van der Waals surface area contributed by atoms with Crippen LogP contribution in [0.25, 0.3) is 29.9 Å². The number of thioether (sulfide) groups is 3. The van der Waals surface area contributed by atoms with Gasteiger partial charge in [0.05, 0.1) is 0 Å². The van der Waals surface area contributed by atoms with E-state index >= 15 is 0 Å². The molecule has 41 heavy (non-hydrogen) atoms. The minimum absolute atomic E-state index is 0.517. The molecule has 0 aliphatic carbocycles. The molecule has 3 aliphatic heterocycles. The van der Waals surface area contributed by atoms with Crippen LogP contribution in [0.15, 0.2) is 36.5 Å². The number of hydrogen-bond donors (Lipinski definition) is 0. The quantitative estimate of drug-likeness (QED) is 0.188. The van der Waals surface area contributed by atoms with E-state index in [-0.39, 0.29) is 0 Å². The Morgan fingerprint density at radius 2 is 1.46 bits per heavy atom. The van der Waals surface area contributed by atoms with Crippen molar-refractivity contribution in [2.75, 3.05) is 0 Å². The number of rotatable bonds is 4. The van der Waals surface area contributed by atoms with Crippen molar-refractivity contribution in [1.82, 2.24) is 0 Å². The van der Waals surface area contributed by atoms with Crippen LogP contribution in [-0.2, 0) is 0 Å². The summed E-state index contributed by atoms with van der Waals surface area (Å²) in [7, 11) is 0. The molecule has 0 spiro atoms. The van der Waals surface area contributed by atoms with E-state index in [1.807, 2.05) is 11.3 Å². The normalized spacial score (nSPS) is 24.7. The molecule has 0 N–H and O–H groups in total. The third kappa shape index (κ3) is 4.87. The number of benzene rings is 1. The summed E-state index contributed by atoms with van der Waals surface area (Å²) in [5, 5.41) is 3.26. The van der Waals surface area contributed by atoms with Gasteiger partial charge in [-0.2, -0.15) is 0 Å². The Morgan fingerprint density at radius 3 is 2.05 bits per heavy atom. The summed E-state index contributed by atoms with van der Waals surface area (Å²) >= 11 is 8.62. The third-order valence-corrected chi connectivity index (χ3v) is 36.3. The van der Waals surface area contributed by atoms with Crippen LogP contribution in [-0.4, -0.2) is 42.0 Å². The summed E-state index contributed by atoms with van der Waals surface area (Å²) < 4.78 is 8.25. The Hall–Kier alpha value is 0.967. The fourth-order valence-electron chi connectivity index (χ4n) is 6.39. The van der Waals surface area contributed by atoms with Gasteiger partial charge in [-0.15, -0.1) is 0 Å². The molecule has 3 aliphatic rings. The fourth-order valence-corrected chi connectivity index (χ4v) is 27.1. The van der Waals surface area contributed by atoms with Gasteiger partial charge in [-0.25, -0.2) is 0 Å². The van der Waals surface area contributed by atoms with Crippen molar-refractivity contribution in [2.45, 2.75) is 84.9 Å². The zero-order valence-corrected chi connectivity index (χ0v) is 36.6. The van der Waals surface area contributed by atoms with Crippen molar-refractivity contribution in [2.24, 2.45) is 5.92 Å². The van der Waals surface area contributed by atoms with Crippen LogP contribution in [0.3, 0.4) is 0 Å². The number of hydrogen-bond acceptors (Lipinski definition) is 6. The van der Waals surface area contributed by atoms with Gasteiger partial charge in [0.15, 0.2) is 0 Å². The van der Waals surface area contributed by atoms with Crippen molar-refractivity contribution < 1.29 is 0 Å². The van der Waals surface area contributed by atoms with E-state index in [9.17, 15) is 0 Å². The van der Waals surface area contributed by atoms with Crippen LogP contribution in [0.4, 0.5) is 0 Å². The predicted octanol–water partition coefficient (Wildman–Crippen LogP) is 12.7. The van der Waals surface area contributed by atoms with Gasteiger partial charge in [-0.1, -0.05) is 0 Å². The summed E-state index contributed by atoms with van der Waals surface area (Å²) in [4.78, 5) is 21.7. The van der Waals surface area contributed by atoms with Gasteiger partial charge >= 0.3 is 283 Å². The van der Waals surface area contributed by atoms with Gasteiger partial charge in [-0.3, -0.25) is 0 Å². The second-order valence-electron chi connectivity index (χ2n) is 14.2. The zero-order valence-electron chi connectivity index (χ0n) is 26.0. The molecule has 216 valence electrons. The molecule has 0 nitrogen and oxygen atoms in total. The molecule has 0 amide bonds. The van der Waals surface area contributed by atoms with Gasteiger partial charge in [0.25, 0.3) is 0 Å². The Balaban J connectivity index is 1.59. The van der Waals surface area contributed by atoms with E-state index in [0.29, 0.717) is 21.7 Å². The van der Waals surface area contributed by atoms with E-state index in [4.69, 9.17) is 0 Å². The molecule has 0 fully saturated rings. The molecule has 3 aromatic heterocycles. The first kappa shape index (κ1) is 30.6. The maximum atomic E-state index is 2.73. The third-order valence-electron chi connectivity index (χ3n) is 9.20. The number of aryl methyl sites for hydroxylation is 2. The van der Waals surface area contributed by atoms with Crippen LogP contribution in [0, 0.1) is 19.8 Å². The van der Waals surface area contributed by atoms with Gasteiger partial charge in [0.2, 0.25) is 0 Å². The van der Waals surface area contributed by atoms with Crippen molar-refractivity contribution in [3.05, 3.63) is 53.2 Å². The Kier molecular flexibility index (Phi) is 7.84. The van der Waals surface area contributed by atoms with E-state index < -0.39 is 36.8 Å². The molecular formula is C33H40S6Sn2. The van der Waals surface area contributed by atoms with Gasteiger partial charge in [0.1, 0.15) is 0 Å². The Morgan fingerprint density at radius 1 is 0.732 bits per heavy atom. The van der Waals surface area contributed by atoms with Gasteiger partial charge < -0.3 is 0 Å². The molecule has 0 bridgehead atoms. The SMILES string of the molecule is CC1=C(C)C(C)C(c2c3c(c(-c4cc(C)c(C)s4)c4c2sc2c[c]([Sn]([CH3])([CH3])[CH3])sc24)SC2C=[C]([Sn]([CH3])([CH3])[CH3])SC32)S1. The second kappa shape index (κ2) is 10.5. The summed E-state index contributed by atoms with van der Waals surface area (Å²) in [6.45, 7) is 11.9. The summed E-state index contributed by atoms with van der Waals surface area (Å²) in [5.74, 6) is 0.579. The summed E-state index contributed by atoms with van der Waals surface area (Å²) in [6, 6.07) is 5.13. The molecule has 8 heteroatoms. The van der Waals surface area contributed by atoms with Crippen molar-refractivity contribution in [3.63, 3.8) is 0 Å². The van der Waals surface area contributed by atoms with Crippen LogP contribution in [0.2, 0.25) is 29.6 Å². The molecule has 4 atom stereocenters. The average molecular weight is 867 g/mol. The van der Waals surface area contributed by atoms with Crippen LogP contribution in [0.5, 0.6) is 0 Å². The first-order valence-electron chi connectivity index (χ1n) is 14.7. The molecule has 7 rings (SSSR count). The number of thiophene rings is 3. The zero-order chi connectivity index (χ0) is 29.3. The average Bonchev–Trinajstić information content (AvgIpc) is 3.68.